The van der Waals surface area contributed by atoms with Gasteiger partial charge >= 0.3 is 10.2 Å². The molecule has 3 heterocycles. The summed E-state index contributed by atoms with van der Waals surface area (Å²) in [6, 6.07) is 8.59. The Morgan fingerprint density at radius 2 is 2.17 bits per heavy atom. The summed E-state index contributed by atoms with van der Waals surface area (Å²) in [5, 5.41) is 0. The number of fused-ring (bicyclic) bond motifs is 1. The predicted molar refractivity (Wildman–Crippen MR) is 113 cm³/mol. The van der Waals surface area contributed by atoms with E-state index in [4.69, 9.17) is 10.5 Å². The normalized spacial score (nSPS) is 20.0. The van der Waals surface area contributed by atoms with Gasteiger partial charge in [-0.3, -0.25) is 14.5 Å². The number of nitrogens with zero attached hydrogens (tertiary/aromatic N) is 3. The lowest BCUT2D eigenvalue weighted by molar-refractivity contribution is 0.0632. The number of nitrogens with two attached hydrogens (primary N) is 1. The zero-order valence-electron chi connectivity index (χ0n) is 16.5. The fourth-order valence-corrected chi connectivity index (χ4v) is 4.66. The summed E-state index contributed by atoms with van der Waals surface area (Å²) >= 11 is 0. The van der Waals surface area contributed by atoms with Gasteiger partial charge in [0.25, 0.3) is 5.91 Å². The van der Waals surface area contributed by atoms with Crippen molar-refractivity contribution >= 4 is 27.6 Å². The van der Waals surface area contributed by atoms with Gasteiger partial charge in [0.1, 0.15) is 5.75 Å². The van der Waals surface area contributed by atoms with Crippen molar-refractivity contribution < 1.29 is 17.9 Å². The Bertz CT molecular complexity index is 1120. The number of piperidine rings is 1. The fraction of sp³-hybridized carbons (Fsp3) is 0.350. The van der Waals surface area contributed by atoms with E-state index in [0.29, 0.717) is 48.0 Å². The Hall–Kier alpha value is -3.14. The molecule has 0 unspecified atom stereocenters. The number of amides is 1. The molecule has 1 atom stereocenters. The first-order valence-corrected chi connectivity index (χ1v) is 11.1. The number of aromatic nitrogens is 1. The van der Waals surface area contributed by atoms with Crippen LogP contribution in [0.1, 0.15) is 34.5 Å². The summed E-state index contributed by atoms with van der Waals surface area (Å²) in [7, 11) is -3.84. The maximum atomic E-state index is 12.9. The summed E-state index contributed by atoms with van der Waals surface area (Å²) in [6.45, 7) is 3.49. The SMILES string of the molecule is Cc1ncccc1C(=O)N1CCC[C@H](COc2cccc3c2C(N)=NS(=O)(=O)N3)C1. The minimum absolute atomic E-state index is 0.0202. The number of likely N-dealkylation sites (tertiary alicyclic amines) is 1. The van der Waals surface area contributed by atoms with E-state index in [1.165, 1.54) is 0 Å². The van der Waals surface area contributed by atoms with Crippen LogP contribution < -0.4 is 15.2 Å². The van der Waals surface area contributed by atoms with Crippen LogP contribution >= 0.6 is 0 Å². The fourth-order valence-electron chi connectivity index (χ4n) is 3.81. The molecule has 158 valence electrons. The smallest absolute Gasteiger partial charge is 0.344 e. The van der Waals surface area contributed by atoms with Gasteiger partial charge in [0, 0.05) is 30.9 Å². The molecule has 30 heavy (non-hydrogen) atoms. The lowest BCUT2D eigenvalue weighted by Crippen LogP contribution is -2.42. The van der Waals surface area contributed by atoms with Crippen molar-refractivity contribution in [2.75, 3.05) is 24.4 Å². The first-order valence-electron chi connectivity index (χ1n) is 9.69. The van der Waals surface area contributed by atoms with Crippen molar-refractivity contribution in [3.63, 3.8) is 0 Å². The molecule has 4 rings (SSSR count). The van der Waals surface area contributed by atoms with Crippen LogP contribution in [0, 0.1) is 12.8 Å². The van der Waals surface area contributed by atoms with Crippen molar-refractivity contribution in [2.45, 2.75) is 19.8 Å². The van der Waals surface area contributed by atoms with Gasteiger partial charge in [-0.2, -0.15) is 8.42 Å². The van der Waals surface area contributed by atoms with Crippen LogP contribution in [0.5, 0.6) is 5.75 Å². The summed E-state index contributed by atoms with van der Waals surface area (Å²) in [4.78, 5) is 18.9. The van der Waals surface area contributed by atoms with Crippen molar-refractivity contribution in [1.29, 1.82) is 0 Å². The molecule has 9 nitrogen and oxygen atoms in total. The Labute approximate surface area is 175 Å². The Morgan fingerprint density at radius 1 is 1.33 bits per heavy atom. The Balaban J connectivity index is 1.45. The van der Waals surface area contributed by atoms with E-state index in [1.54, 1.807) is 36.5 Å². The number of hydrogen-bond donors (Lipinski definition) is 2. The van der Waals surface area contributed by atoms with Gasteiger partial charge in [-0.1, -0.05) is 6.07 Å². The third kappa shape index (κ3) is 4.09. The van der Waals surface area contributed by atoms with E-state index in [2.05, 4.69) is 14.1 Å². The van der Waals surface area contributed by atoms with E-state index in [0.717, 1.165) is 12.8 Å². The number of carbonyl (C=O) groups is 1. The van der Waals surface area contributed by atoms with Gasteiger partial charge in [0.2, 0.25) is 0 Å². The largest absolute Gasteiger partial charge is 0.492 e. The van der Waals surface area contributed by atoms with Gasteiger partial charge in [-0.25, -0.2) is 0 Å². The van der Waals surface area contributed by atoms with Gasteiger partial charge < -0.3 is 15.4 Å². The van der Waals surface area contributed by atoms with Crippen molar-refractivity contribution in [3.8, 4) is 5.75 Å². The average Bonchev–Trinajstić information content (AvgIpc) is 2.71. The molecule has 10 heteroatoms. The minimum Gasteiger partial charge on any atom is -0.492 e. The molecule has 1 amide bonds. The van der Waals surface area contributed by atoms with Crippen LogP contribution in [0.25, 0.3) is 0 Å². The molecule has 0 spiro atoms. The lowest BCUT2D eigenvalue weighted by atomic mass is 9.98. The van der Waals surface area contributed by atoms with Crippen molar-refractivity contribution in [1.82, 2.24) is 9.88 Å². The van der Waals surface area contributed by atoms with Gasteiger partial charge in [-0.15, -0.1) is 4.40 Å². The number of benzene rings is 1. The van der Waals surface area contributed by atoms with E-state index < -0.39 is 10.2 Å². The van der Waals surface area contributed by atoms with Gasteiger partial charge in [0.15, 0.2) is 5.84 Å². The standard InChI is InChI=1S/C20H23N5O4S/c1-13-15(6-3-9-22-13)20(26)25-10-4-5-14(11-25)12-29-17-8-2-7-16-18(17)19(21)24-30(27,28)23-16/h2-3,6-9,14,23H,4-5,10-12H2,1H3,(H2,21,24)/t14-/m0/s1. The van der Waals surface area contributed by atoms with Crippen LogP contribution in [0.4, 0.5) is 5.69 Å². The number of rotatable bonds is 4. The zero-order valence-corrected chi connectivity index (χ0v) is 17.4. The molecule has 2 aromatic rings. The molecular weight excluding hydrogens is 406 g/mol. The lowest BCUT2D eigenvalue weighted by Gasteiger charge is -2.33. The zero-order chi connectivity index (χ0) is 21.3. The highest BCUT2D eigenvalue weighted by atomic mass is 32.2. The second kappa shape index (κ2) is 7.94. The van der Waals surface area contributed by atoms with Crippen LogP contribution in [0.15, 0.2) is 40.9 Å². The first kappa shape index (κ1) is 20.1. The average molecular weight is 430 g/mol. The second-order valence-electron chi connectivity index (χ2n) is 7.44. The molecule has 2 aliphatic heterocycles. The Kier molecular flexibility index (Phi) is 5.33. The summed E-state index contributed by atoms with van der Waals surface area (Å²) in [5.74, 6) is 0.483. The number of carbonyl (C=O) groups excluding carboxylic acids is 1. The number of amidine groups is 1. The van der Waals surface area contributed by atoms with Gasteiger partial charge in [-0.05, 0) is 44.0 Å². The molecule has 0 radical (unpaired) electrons. The van der Waals surface area contributed by atoms with E-state index in [1.807, 2.05) is 11.8 Å². The monoisotopic (exact) mass is 429 g/mol. The molecule has 0 aliphatic carbocycles. The molecule has 1 fully saturated rings. The first-order chi connectivity index (χ1) is 14.3. The molecule has 1 aromatic carbocycles. The van der Waals surface area contributed by atoms with Crippen LogP contribution in [-0.4, -0.2) is 49.7 Å². The quantitative estimate of drug-likeness (QED) is 0.762. The topological polar surface area (TPSA) is 127 Å². The molecule has 2 aliphatic rings. The number of nitrogens with one attached hydrogen (secondary N) is 1. The number of hydrogen-bond acceptors (Lipinski definition) is 6. The summed E-state index contributed by atoms with van der Waals surface area (Å²) in [6.07, 6.45) is 3.49. The summed E-state index contributed by atoms with van der Waals surface area (Å²) in [5.41, 5.74) is 7.97. The molecule has 0 saturated carbocycles. The minimum atomic E-state index is -3.84. The maximum Gasteiger partial charge on any atom is 0.344 e. The molecular formula is C20H23N5O4S. The number of pyridine rings is 1. The highest BCUT2D eigenvalue weighted by Crippen LogP contribution is 2.31. The number of aryl methyl sites for hydroxylation is 1. The molecule has 1 aromatic heterocycles. The highest BCUT2D eigenvalue weighted by molar-refractivity contribution is 7.91. The third-order valence-corrected chi connectivity index (χ3v) is 6.17. The van der Waals surface area contributed by atoms with E-state index in [9.17, 15) is 13.2 Å². The predicted octanol–water partition coefficient (Wildman–Crippen LogP) is 1.70. The second-order valence-corrected chi connectivity index (χ2v) is 8.78. The Morgan fingerprint density at radius 3 is 2.97 bits per heavy atom. The molecule has 3 N–H and O–H groups in total. The van der Waals surface area contributed by atoms with Crippen LogP contribution in [0.2, 0.25) is 0 Å². The number of anilines is 1. The highest BCUT2D eigenvalue weighted by Gasteiger charge is 2.28. The van der Waals surface area contributed by atoms with Gasteiger partial charge in [0.05, 0.1) is 23.4 Å². The summed E-state index contributed by atoms with van der Waals surface area (Å²) < 4.78 is 35.3. The van der Waals surface area contributed by atoms with E-state index in [-0.39, 0.29) is 17.7 Å². The number of ether oxygens (including phenoxy) is 1. The van der Waals surface area contributed by atoms with Crippen molar-refractivity contribution in [2.24, 2.45) is 16.0 Å². The maximum absolute atomic E-state index is 12.9. The van der Waals surface area contributed by atoms with Crippen LogP contribution in [-0.2, 0) is 10.2 Å². The molecule has 1 saturated heterocycles. The van der Waals surface area contributed by atoms with Crippen molar-refractivity contribution in [3.05, 3.63) is 53.3 Å². The molecule has 0 bridgehead atoms. The van der Waals surface area contributed by atoms with E-state index >= 15 is 0 Å². The third-order valence-electron chi connectivity index (χ3n) is 5.26. The van der Waals surface area contributed by atoms with Crippen LogP contribution in [0.3, 0.4) is 0 Å².